The van der Waals surface area contributed by atoms with Gasteiger partial charge in [0, 0.05) is 25.6 Å². The summed E-state index contributed by atoms with van der Waals surface area (Å²) in [6.07, 6.45) is 0.935. The first-order valence-electron chi connectivity index (χ1n) is 6.82. The summed E-state index contributed by atoms with van der Waals surface area (Å²) in [7, 11) is 0. The number of fused-ring (bicyclic) bond motifs is 1. The molecule has 1 saturated heterocycles. The number of aromatic nitrogens is 1. The number of amides is 4. The summed E-state index contributed by atoms with van der Waals surface area (Å²) in [5, 5.41) is 5.59. The Balaban J connectivity index is 1.92. The molecule has 1 fully saturated rings. The van der Waals surface area contributed by atoms with Crippen LogP contribution >= 0.6 is 11.3 Å². The summed E-state index contributed by atoms with van der Waals surface area (Å²) in [6, 6.07) is 4.93. The van der Waals surface area contributed by atoms with E-state index in [1.165, 1.54) is 23.2 Å². The topological polar surface area (TPSA) is 91.4 Å². The van der Waals surface area contributed by atoms with Crippen molar-refractivity contribution in [1.82, 2.24) is 10.3 Å². The van der Waals surface area contributed by atoms with E-state index in [0.717, 1.165) is 10.2 Å². The van der Waals surface area contributed by atoms with Crippen LogP contribution in [0.3, 0.4) is 0 Å². The van der Waals surface area contributed by atoms with Crippen LogP contribution in [0.2, 0.25) is 0 Å². The van der Waals surface area contributed by atoms with Gasteiger partial charge in [-0.15, -0.1) is 0 Å². The van der Waals surface area contributed by atoms with Crippen molar-refractivity contribution >= 4 is 50.2 Å². The van der Waals surface area contributed by atoms with Crippen LogP contribution < -0.4 is 15.5 Å². The van der Waals surface area contributed by atoms with Crippen LogP contribution in [0.15, 0.2) is 18.2 Å². The second-order valence-electron chi connectivity index (χ2n) is 4.97. The predicted octanol–water partition coefficient (Wildman–Crippen LogP) is 2.09. The smallest absolute Gasteiger partial charge is 0.326 e. The van der Waals surface area contributed by atoms with E-state index in [4.69, 9.17) is 0 Å². The van der Waals surface area contributed by atoms with Crippen LogP contribution in [-0.2, 0) is 9.59 Å². The van der Waals surface area contributed by atoms with Crippen LogP contribution in [-0.4, -0.2) is 29.4 Å². The van der Waals surface area contributed by atoms with E-state index in [0.29, 0.717) is 30.2 Å². The van der Waals surface area contributed by atoms with Gasteiger partial charge in [0.15, 0.2) is 5.13 Å². The Bertz CT molecular complexity index is 771. The molecule has 7 nitrogen and oxygen atoms in total. The Morgan fingerprint density at radius 2 is 2.23 bits per heavy atom. The summed E-state index contributed by atoms with van der Waals surface area (Å²) in [5.41, 5.74) is 1.43. The Kier molecular flexibility index (Phi) is 3.76. The molecule has 1 aromatic heterocycles. The summed E-state index contributed by atoms with van der Waals surface area (Å²) in [6.45, 7) is 1.90. The first-order chi connectivity index (χ1) is 10.5. The van der Waals surface area contributed by atoms with E-state index in [1.54, 1.807) is 12.1 Å². The molecule has 0 spiro atoms. The van der Waals surface area contributed by atoms with Gasteiger partial charge in [-0.2, -0.15) is 0 Å². The highest BCUT2D eigenvalue weighted by Gasteiger charge is 2.24. The second-order valence-corrected chi connectivity index (χ2v) is 5.98. The molecule has 1 aliphatic rings. The molecule has 114 valence electrons. The SMILES string of the molecule is CC(=O)Nc1ccc2nc(N3CCCC(=O)NC3=O)sc2c1. The van der Waals surface area contributed by atoms with Gasteiger partial charge in [0.25, 0.3) is 0 Å². The largest absolute Gasteiger partial charge is 0.330 e. The maximum absolute atomic E-state index is 12.0. The highest BCUT2D eigenvalue weighted by molar-refractivity contribution is 7.22. The first-order valence-corrected chi connectivity index (χ1v) is 7.64. The van der Waals surface area contributed by atoms with Gasteiger partial charge < -0.3 is 5.32 Å². The number of carbonyl (C=O) groups excluding carboxylic acids is 3. The second kappa shape index (κ2) is 5.72. The minimum absolute atomic E-state index is 0.144. The summed E-state index contributed by atoms with van der Waals surface area (Å²) >= 11 is 1.35. The molecule has 0 unspecified atom stereocenters. The van der Waals surface area contributed by atoms with Crippen molar-refractivity contribution in [2.24, 2.45) is 0 Å². The van der Waals surface area contributed by atoms with Crippen LogP contribution in [0, 0.1) is 0 Å². The zero-order valence-electron chi connectivity index (χ0n) is 11.9. The van der Waals surface area contributed by atoms with Crippen LogP contribution in [0.5, 0.6) is 0 Å². The van der Waals surface area contributed by atoms with Crippen molar-refractivity contribution < 1.29 is 14.4 Å². The lowest BCUT2D eigenvalue weighted by molar-refractivity contribution is -0.119. The molecule has 3 rings (SSSR count). The molecule has 0 atom stereocenters. The average Bonchev–Trinajstić information content (AvgIpc) is 2.77. The van der Waals surface area contributed by atoms with Gasteiger partial charge in [0.2, 0.25) is 11.8 Å². The van der Waals surface area contributed by atoms with Gasteiger partial charge >= 0.3 is 6.03 Å². The molecule has 0 radical (unpaired) electrons. The molecule has 0 bridgehead atoms. The third-order valence-corrected chi connectivity index (χ3v) is 4.25. The van der Waals surface area contributed by atoms with Gasteiger partial charge in [0.05, 0.1) is 10.2 Å². The van der Waals surface area contributed by atoms with Gasteiger partial charge in [-0.1, -0.05) is 11.3 Å². The number of imide groups is 1. The van der Waals surface area contributed by atoms with Gasteiger partial charge in [-0.25, -0.2) is 9.78 Å². The summed E-state index contributed by atoms with van der Waals surface area (Å²) in [4.78, 5) is 40.4. The Morgan fingerprint density at radius 3 is 3.00 bits per heavy atom. The molecule has 2 aromatic rings. The number of carbonyl (C=O) groups is 3. The van der Waals surface area contributed by atoms with E-state index in [2.05, 4.69) is 15.6 Å². The molecule has 1 aromatic carbocycles. The summed E-state index contributed by atoms with van der Waals surface area (Å²) in [5.74, 6) is -0.406. The van der Waals surface area contributed by atoms with Crippen LogP contribution in [0.1, 0.15) is 19.8 Å². The van der Waals surface area contributed by atoms with Gasteiger partial charge in [-0.3, -0.25) is 19.8 Å². The average molecular weight is 318 g/mol. The maximum atomic E-state index is 12.0. The number of thiazole rings is 1. The standard InChI is InChI=1S/C14H14N4O3S/c1-8(19)15-9-4-5-10-11(7-9)22-14(16-10)18-6-2-3-12(20)17-13(18)21/h4-5,7H,2-3,6H2,1H3,(H,15,19)(H,17,20,21). The minimum Gasteiger partial charge on any atom is -0.326 e. The Morgan fingerprint density at radius 1 is 1.41 bits per heavy atom. The quantitative estimate of drug-likeness (QED) is 0.887. The molecular formula is C14H14N4O3S. The molecule has 2 N–H and O–H groups in total. The number of nitrogens with zero attached hydrogens (tertiary/aromatic N) is 2. The lowest BCUT2D eigenvalue weighted by atomic mass is 10.3. The van der Waals surface area contributed by atoms with Crippen molar-refractivity contribution in [2.75, 3.05) is 16.8 Å². The molecular weight excluding hydrogens is 304 g/mol. The molecule has 2 heterocycles. The number of hydrogen-bond acceptors (Lipinski definition) is 5. The number of anilines is 2. The number of hydrogen-bond donors (Lipinski definition) is 2. The monoisotopic (exact) mass is 318 g/mol. The predicted molar refractivity (Wildman–Crippen MR) is 84.0 cm³/mol. The van der Waals surface area contributed by atoms with E-state index >= 15 is 0 Å². The summed E-state index contributed by atoms with van der Waals surface area (Å²) < 4.78 is 0.865. The zero-order valence-corrected chi connectivity index (χ0v) is 12.7. The van der Waals surface area contributed by atoms with Gasteiger partial charge in [-0.05, 0) is 24.6 Å². The van der Waals surface area contributed by atoms with Crippen LogP contribution in [0.4, 0.5) is 15.6 Å². The van der Waals surface area contributed by atoms with E-state index in [1.807, 2.05) is 6.07 Å². The highest BCUT2D eigenvalue weighted by atomic mass is 32.1. The van der Waals surface area contributed by atoms with Crippen molar-refractivity contribution in [3.05, 3.63) is 18.2 Å². The molecule has 0 saturated carbocycles. The van der Waals surface area contributed by atoms with Crippen molar-refractivity contribution in [2.45, 2.75) is 19.8 Å². The van der Waals surface area contributed by atoms with Crippen LogP contribution in [0.25, 0.3) is 10.2 Å². The van der Waals surface area contributed by atoms with E-state index in [9.17, 15) is 14.4 Å². The number of nitrogens with one attached hydrogen (secondary N) is 2. The maximum Gasteiger partial charge on any atom is 0.330 e. The van der Waals surface area contributed by atoms with Crippen molar-refractivity contribution in [3.8, 4) is 0 Å². The minimum atomic E-state index is -0.441. The molecule has 8 heteroatoms. The van der Waals surface area contributed by atoms with Gasteiger partial charge in [0.1, 0.15) is 0 Å². The van der Waals surface area contributed by atoms with Crippen molar-refractivity contribution in [3.63, 3.8) is 0 Å². The zero-order chi connectivity index (χ0) is 15.7. The third-order valence-electron chi connectivity index (χ3n) is 3.21. The molecule has 4 amide bonds. The lowest BCUT2D eigenvalue weighted by Gasteiger charge is -2.15. The number of rotatable bonds is 2. The fourth-order valence-electron chi connectivity index (χ4n) is 2.24. The normalized spacial score (nSPS) is 15.6. The van der Waals surface area contributed by atoms with E-state index in [-0.39, 0.29) is 11.8 Å². The lowest BCUT2D eigenvalue weighted by Crippen LogP contribution is -2.40. The molecule has 1 aliphatic heterocycles. The molecule has 22 heavy (non-hydrogen) atoms. The number of urea groups is 1. The van der Waals surface area contributed by atoms with Crippen molar-refractivity contribution in [1.29, 1.82) is 0 Å². The van der Waals surface area contributed by atoms with E-state index < -0.39 is 6.03 Å². The molecule has 0 aliphatic carbocycles. The Labute approximate surface area is 130 Å². The Hall–Kier alpha value is -2.48. The fraction of sp³-hybridized carbons (Fsp3) is 0.286. The number of benzene rings is 1. The third kappa shape index (κ3) is 2.91. The fourth-order valence-corrected chi connectivity index (χ4v) is 3.27. The first kappa shape index (κ1) is 14.5. The highest BCUT2D eigenvalue weighted by Crippen LogP contribution is 2.31.